The summed E-state index contributed by atoms with van der Waals surface area (Å²) in [7, 11) is 0. The van der Waals surface area contributed by atoms with E-state index in [-0.39, 0.29) is 0 Å². The van der Waals surface area contributed by atoms with Gasteiger partial charge in [-0.05, 0) is 62.1 Å². The quantitative estimate of drug-likeness (QED) is 0.540. The first-order valence-electron chi connectivity index (χ1n) is 9.49. The molecule has 0 spiro atoms. The van der Waals surface area contributed by atoms with E-state index in [1.54, 1.807) is 12.1 Å². The Morgan fingerprint density at radius 1 is 0.885 bits per heavy atom. The molecule has 1 saturated carbocycles. The molecule has 3 nitrogen and oxygen atoms in total. The Kier molecular flexibility index (Phi) is 5.58. The summed E-state index contributed by atoms with van der Waals surface area (Å²) in [6, 6.07) is 3.51. The molecule has 2 heterocycles. The fraction of sp³-hybridized carbons (Fsp3) is 0.500. The minimum absolute atomic E-state index is 0.548. The van der Waals surface area contributed by atoms with E-state index in [2.05, 4.69) is 15.4 Å². The van der Waals surface area contributed by atoms with E-state index in [0.29, 0.717) is 15.1 Å². The second-order valence-electron chi connectivity index (χ2n) is 7.21. The van der Waals surface area contributed by atoms with Crippen LogP contribution in [0, 0.1) is 0 Å². The number of allylic oxidation sites excluding steroid dienone is 1. The van der Waals surface area contributed by atoms with E-state index in [9.17, 15) is 0 Å². The maximum atomic E-state index is 6.57. The normalized spacial score (nSPS) is 17.7. The van der Waals surface area contributed by atoms with Gasteiger partial charge < -0.3 is 0 Å². The predicted octanol–water partition coefficient (Wildman–Crippen LogP) is 6.19. The molecule has 0 N–H and O–H groups in total. The third-order valence-electron chi connectivity index (χ3n) is 5.29. The Labute approximate surface area is 169 Å². The van der Waals surface area contributed by atoms with Gasteiger partial charge in [0.1, 0.15) is 12.2 Å². The third-order valence-corrected chi connectivity index (χ3v) is 6.09. The smallest absolute Gasteiger partial charge is 0.148 e. The molecule has 1 fully saturated rings. The first-order valence-corrected chi connectivity index (χ1v) is 10.6. The molecule has 0 amide bonds. The molecule has 1 aliphatic carbocycles. The second kappa shape index (κ2) is 7.92. The molecule has 26 heavy (non-hydrogen) atoms. The van der Waals surface area contributed by atoms with E-state index < -0.39 is 0 Å². The van der Waals surface area contributed by atoms with Gasteiger partial charge >= 0.3 is 5.82 Å². The minimum Gasteiger partial charge on any atom is -0.148 e. The Bertz CT molecular complexity index is 823. The van der Waals surface area contributed by atoms with E-state index in [0.717, 1.165) is 49.6 Å². The zero-order chi connectivity index (χ0) is 18.1. The third kappa shape index (κ3) is 3.67. The molecule has 4 rings (SSSR count). The van der Waals surface area contributed by atoms with Crippen LogP contribution in [0.15, 0.2) is 17.7 Å². The molecule has 6 heteroatoms. The molecule has 0 atom stereocenters. The van der Waals surface area contributed by atoms with Crippen LogP contribution in [0.4, 0.5) is 0 Å². The number of fused-ring (bicyclic) bond motifs is 1. The van der Waals surface area contributed by atoms with Gasteiger partial charge in [0.05, 0.1) is 16.5 Å². The zero-order valence-electron chi connectivity index (χ0n) is 14.8. The van der Waals surface area contributed by atoms with Gasteiger partial charge in [-0.3, -0.25) is 0 Å². The highest BCUT2D eigenvalue weighted by Crippen LogP contribution is 2.33. The fourth-order valence-electron chi connectivity index (χ4n) is 4.01. The summed E-state index contributed by atoms with van der Waals surface area (Å²) in [5.41, 5.74) is 2.25. The Balaban J connectivity index is 1.90. The van der Waals surface area contributed by atoms with Crippen LogP contribution < -0.4 is 4.68 Å². The molecule has 1 aromatic carbocycles. The van der Waals surface area contributed by atoms with Gasteiger partial charge in [-0.15, -0.1) is 9.36 Å². The van der Waals surface area contributed by atoms with E-state index in [1.165, 1.54) is 37.7 Å². The number of hydrogen-bond donors (Lipinski definition) is 0. The van der Waals surface area contributed by atoms with Crippen molar-refractivity contribution in [3.05, 3.63) is 44.4 Å². The van der Waals surface area contributed by atoms with E-state index >= 15 is 0 Å². The summed E-state index contributed by atoms with van der Waals surface area (Å²) < 4.78 is 4.37. The van der Waals surface area contributed by atoms with Gasteiger partial charge in [-0.1, -0.05) is 46.8 Å². The van der Waals surface area contributed by atoms with Crippen molar-refractivity contribution < 1.29 is 4.68 Å². The molecule has 1 aliphatic heterocycles. The Morgan fingerprint density at radius 3 is 2.27 bits per heavy atom. The molecule has 2 aliphatic rings. The Hall–Kier alpha value is -1.03. The largest absolute Gasteiger partial charge is 0.320 e. The fourth-order valence-corrected chi connectivity index (χ4v) is 4.99. The van der Waals surface area contributed by atoms with Crippen molar-refractivity contribution in [1.82, 2.24) is 9.67 Å². The molecule has 138 valence electrons. The lowest BCUT2D eigenvalue weighted by Gasteiger charge is -2.14. The van der Waals surface area contributed by atoms with Crippen molar-refractivity contribution in [2.75, 3.05) is 0 Å². The summed E-state index contributed by atoms with van der Waals surface area (Å²) >= 11 is 19.3. The van der Waals surface area contributed by atoms with Crippen LogP contribution in [0.25, 0.3) is 11.8 Å². The lowest BCUT2D eigenvalue weighted by molar-refractivity contribution is -0.773. The standard InChI is InChI=1S/C20H23Cl3N3/c21-15-12-16(22)20(17(23)13-15)26-19(11-14-7-3-1-4-8-14)24-18-9-5-2-6-10-25(18)26/h11-13H,1-10H2/q+1. The van der Waals surface area contributed by atoms with Crippen LogP contribution in [0.2, 0.25) is 15.1 Å². The van der Waals surface area contributed by atoms with E-state index in [4.69, 9.17) is 39.8 Å². The first-order chi connectivity index (χ1) is 12.6. The second-order valence-corrected chi connectivity index (χ2v) is 8.46. The van der Waals surface area contributed by atoms with Gasteiger partial charge in [0.15, 0.2) is 0 Å². The number of aromatic nitrogens is 3. The molecule has 0 bridgehead atoms. The molecule has 0 saturated heterocycles. The number of hydrogen-bond acceptors (Lipinski definition) is 1. The summed E-state index contributed by atoms with van der Waals surface area (Å²) in [4.78, 5) is 4.99. The van der Waals surface area contributed by atoms with Crippen molar-refractivity contribution in [2.24, 2.45) is 0 Å². The predicted molar refractivity (Wildman–Crippen MR) is 107 cm³/mol. The van der Waals surface area contributed by atoms with Gasteiger partial charge in [0.2, 0.25) is 0 Å². The van der Waals surface area contributed by atoms with E-state index in [1.807, 2.05) is 0 Å². The number of benzene rings is 1. The monoisotopic (exact) mass is 410 g/mol. The van der Waals surface area contributed by atoms with Crippen LogP contribution in [0.5, 0.6) is 0 Å². The van der Waals surface area contributed by atoms with Crippen molar-refractivity contribution in [3.63, 3.8) is 0 Å². The highest BCUT2D eigenvalue weighted by atomic mass is 35.5. The van der Waals surface area contributed by atoms with Crippen LogP contribution in [-0.2, 0) is 13.0 Å². The lowest BCUT2D eigenvalue weighted by atomic mass is 9.94. The SMILES string of the molecule is Clc1cc(Cl)c(-n2c(C=C3CCCCC3)nc3[n+]2CCCCC3)c(Cl)c1. The Morgan fingerprint density at radius 2 is 1.54 bits per heavy atom. The average Bonchev–Trinajstić information content (AvgIpc) is 2.78. The number of aryl methyl sites for hydroxylation is 1. The maximum Gasteiger partial charge on any atom is 0.320 e. The first kappa shape index (κ1) is 18.3. The van der Waals surface area contributed by atoms with Gasteiger partial charge in [-0.2, -0.15) is 0 Å². The van der Waals surface area contributed by atoms with Gasteiger partial charge in [0.25, 0.3) is 5.82 Å². The highest BCUT2D eigenvalue weighted by molar-refractivity contribution is 6.40. The van der Waals surface area contributed by atoms with Gasteiger partial charge in [-0.25, -0.2) is 0 Å². The zero-order valence-corrected chi connectivity index (χ0v) is 17.0. The van der Waals surface area contributed by atoms with Crippen molar-refractivity contribution in [3.8, 4) is 5.69 Å². The highest BCUT2D eigenvalue weighted by Gasteiger charge is 2.29. The minimum atomic E-state index is 0.548. The summed E-state index contributed by atoms with van der Waals surface area (Å²) in [6.07, 6.45) is 13.0. The number of rotatable bonds is 2. The topological polar surface area (TPSA) is 21.7 Å². The molecule has 2 aromatic rings. The molecular weight excluding hydrogens is 389 g/mol. The van der Waals surface area contributed by atoms with Crippen molar-refractivity contribution >= 4 is 40.9 Å². The number of halogens is 3. The summed E-state index contributed by atoms with van der Waals surface area (Å²) in [5.74, 6) is 2.05. The van der Waals surface area contributed by atoms with Crippen LogP contribution in [0.1, 0.15) is 63.0 Å². The van der Waals surface area contributed by atoms with Gasteiger partial charge in [0, 0.05) is 11.1 Å². The number of nitrogens with zero attached hydrogens (tertiary/aromatic N) is 3. The molecule has 1 aromatic heterocycles. The summed E-state index contributed by atoms with van der Waals surface area (Å²) in [5, 5.41) is 1.66. The molecular formula is C20H23Cl3N3+. The average molecular weight is 412 g/mol. The van der Waals surface area contributed by atoms with Crippen LogP contribution in [-0.4, -0.2) is 9.67 Å². The maximum absolute atomic E-state index is 6.57. The molecule has 0 unspecified atom stereocenters. The lowest BCUT2D eigenvalue weighted by Crippen LogP contribution is -2.45. The van der Waals surface area contributed by atoms with Crippen LogP contribution in [0.3, 0.4) is 0 Å². The van der Waals surface area contributed by atoms with Crippen molar-refractivity contribution in [2.45, 2.75) is 64.3 Å². The summed E-state index contributed by atoms with van der Waals surface area (Å²) in [6.45, 7) is 0.931. The van der Waals surface area contributed by atoms with Crippen molar-refractivity contribution in [1.29, 1.82) is 0 Å². The molecule has 0 radical (unpaired) electrons. The van der Waals surface area contributed by atoms with Crippen LogP contribution >= 0.6 is 34.8 Å².